The highest BCUT2D eigenvalue weighted by Gasteiger charge is 2.48. The van der Waals surface area contributed by atoms with Crippen LogP contribution in [0.25, 0.3) is 5.65 Å². The van der Waals surface area contributed by atoms with Gasteiger partial charge in [-0.25, -0.2) is 4.98 Å². The monoisotopic (exact) mass is 468 g/mol. The van der Waals surface area contributed by atoms with Crippen LogP contribution >= 0.6 is 0 Å². The van der Waals surface area contributed by atoms with Crippen LogP contribution < -0.4 is 5.32 Å². The van der Waals surface area contributed by atoms with Gasteiger partial charge in [0.05, 0.1) is 16.8 Å². The van der Waals surface area contributed by atoms with E-state index in [1.807, 2.05) is 6.92 Å². The molecule has 3 heterocycles. The predicted molar refractivity (Wildman–Crippen MR) is 111 cm³/mol. The minimum atomic E-state index is -4.41. The molecule has 5 rings (SSSR count). The minimum absolute atomic E-state index is 0.0666. The molecule has 1 aliphatic carbocycles. The summed E-state index contributed by atoms with van der Waals surface area (Å²) in [7, 11) is -4.02. The molecule has 11 heteroatoms. The Kier molecular flexibility index (Phi) is 5.76. The number of rotatable bonds is 3. The first-order valence-corrected chi connectivity index (χ1v) is 11.5. The number of aromatic nitrogens is 3. The molecule has 1 spiro atoms. The van der Waals surface area contributed by atoms with Crippen molar-refractivity contribution in [3.05, 3.63) is 59.8 Å². The van der Waals surface area contributed by atoms with E-state index in [0.29, 0.717) is 11.3 Å². The molecular weight excluding hydrogens is 445 g/mol. The maximum absolute atomic E-state index is 12.6. The van der Waals surface area contributed by atoms with Gasteiger partial charge >= 0.3 is 6.18 Å². The van der Waals surface area contributed by atoms with Gasteiger partial charge in [0.25, 0.3) is 10.1 Å². The molecule has 0 radical (unpaired) electrons. The SMILES string of the molecule is Cc1ccc(S(=O)(=O)O)cc1.FC(F)(F)c1cn2cc(CC3CC4(CNC4)C3)ncc2n1. The summed E-state index contributed by atoms with van der Waals surface area (Å²) in [6.45, 7) is 4.05. The summed E-state index contributed by atoms with van der Waals surface area (Å²) < 4.78 is 68.9. The fraction of sp³-hybridized carbons (Fsp3) is 0.429. The number of nitrogens with zero attached hydrogens (tertiary/aromatic N) is 3. The summed E-state index contributed by atoms with van der Waals surface area (Å²) in [6, 6.07) is 5.99. The third-order valence-electron chi connectivity index (χ3n) is 5.95. The highest BCUT2D eigenvalue weighted by atomic mass is 32.2. The van der Waals surface area contributed by atoms with Gasteiger partial charge in [0, 0.05) is 25.5 Å². The molecule has 172 valence electrons. The Bertz CT molecular complexity index is 1210. The largest absolute Gasteiger partial charge is 0.434 e. The summed E-state index contributed by atoms with van der Waals surface area (Å²) >= 11 is 0. The fourth-order valence-corrected chi connectivity index (χ4v) is 4.75. The molecule has 0 unspecified atom stereocenters. The molecule has 1 saturated carbocycles. The smallest absolute Gasteiger partial charge is 0.316 e. The van der Waals surface area contributed by atoms with E-state index >= 15 is 0 Å². The third kappa shape index (κ3) is 4.94. The topological polar surface area (TPSA) is 96.6 Å². The average molecular weight is 469 g/mol. The molecule has 2 aliphatic rings. The number of hydrogen-bond donors (Lipinski definition) is 2. The average Bonchev–Trinajstić information content (AvgIpc) is 3.07. The number of halogens is 3. The molecule has 0 bridgehead atoms. The fourth-order valence-electron chi connectivity index (χ4n) is 4.27. The van der Waals surface area contributed by atoms with Crippen molar-refractivity contribution in [2.75, 3.05) is 13.1 Å². The van der Waals surface area contributed by atoms with Gasteiger partial charge in [0.2, 0.25) is 0 Å². The second kappa shape index (κ2) is 8.13. The zero-order valence-electron chi connectivity index (χ0n) is 17.3. The number of imidazole rings is 1. The number of hydrogen-bond acceptors (Lipinski definition) is 5. The normalized spacial score (nSPS) is 18.0. The number of nitrogens with one attached hydrogen (secondary N) is 1. The lowest BCUT2D eigenvalue weighted by Crippen LogP contribution is -2.60. The number of aryl methyl sites for hydroxylation is 1. The van der Waals surface area contributed by atoms with E-state index in [4.69, 9.17) is 4.55 Å². The van der Waals surface area contributed by atoms with Gasteiger partial charge in [-0.2, -0.15) is 21.6 Å². The molecule has 2 aromatic heterocycles. The van der Waals surface area contributed by atoms with E-state index in [1.54, 1.807) is 18.3 Å². The van der Waals surface area contributed by atoms with Crippen molar-refractivity contribution in [2.24, 2.45) is 11.3 Å². The summed E-state index contributed by atoms with van der Waals surface area (Å²) in [5.74, 6) is 0.600. The first kappa shape index (κ1) is 22.7. The van der Waals surface area contributed by atoms with Crippen LogP contribution in [0.1, 0.15) is 29.8 Å². The van der Waals surface area contributed by atoms with Crippen molar-refractivity contribution in [1.82, 2.24) is 19.7 Å². The van der Waals surface area contributed by atoms with Crippen molar-refractivity contribution >= 4 is 15.8 Å². The van der Waals surface area contributed by atoms with Gasteiger partial charge in [-0.1, -0.05) is 17.7 Å². The molecule has 1 aliphatic heterocycles. The molecule has 2 fully saturated rings. The van der Waals surface area contributed by atoms with Gasteiger partial charge < -0.3 is 9.72 Å². The van der Waals surface area contributed by atoms with Crippen LogP contribution in [0.4, 0.5) is 13.2 Å². The second-order valence-electron chi connectivity index (χ2n) is 8.64. The lowest BCUT2D eigenvalue weighted by Gasteiger charge is -2.54. The van der Waals surface area contributed by atoms with Crippen molar-refractivity contribution in [3.63, 3.8) is 0 Å². The minimum Gasteiger partial charge on any atom is -0.316 e. The number of alkyl halides is 3. The molecule has 0 atom stereocenters. The molecule has 32 heavy (non-hydrogen) atoms. The Balaban J connectivity index is 0.000000189. The number of fused-ring (bicyclic) bond motifs is 1. The summed E-state index contributed by atoms with van der Waals surface area (Å²) in [5, 5.41) is 3.29. The van der Waals surface area contributed by atoms with Crippen LogP contribution in [0.15, 0.2) is 47.8 Å². The van der Waals surface area contributed by atoms with Crippen LogP contribution in [0, 0.1) is 18.3 Å². The van der Waals surface area contributed by atoms with E-state index in [9.17, 15) is 21.6 Å². The summed E-state index contributed by atoms with van der Waals surface area (Å²) in [4.78, 5) is 7.73. The Labute approximate surface area is 183 Å². The summed E-state index contributed by atoms with van der Waals surface area (Å²) in [6.07, 6.45) is 2.92. The second-order valence-corrected chi connectivity index (χ2v) is 10.1. The van der Waals surface area contributed by atoms with E-state index in [1.165, 1.54) is 35.6 Å². The van der Waals surface area contributed by atoms with Crippen molar-refractivity contribution < 1.29 is 26.1 Å². The van der Waals surface area contributed by atoms with Gasteiger partial charge in [-0.15, -0.1) is 0 Å². The highest BCUT2D eigenvalue weighted by molar-refractivity contribution is 7.85. The van der Waals surface area contributed by atoms with Crippen LogP contribution in [0.2, 0.25) is 0 Å². The molecular formula is C21H23F3N4O3S. The van der Waals surface area contributed by atoms with Crippen molar-refractivity contribution in [3.8, 4) is 0 Å². The Morgan fingerprint density at radius 2 is 1.84 bits per heavy atom. The van der Waals surface area contributed by atoms with Gasteiger partial charge in [-0.05, 0) is 49.7 Å². The highest BCUT2D eigenvalue weighted by Crippen LogP contribution is 2.49. The third-order valence-corrected chi connectivity index (χ3v) is 6.81. The van der Waals surface area contributed by atoms with E-state index < -0.39 is 22.0 Å². The van der Waals surface area contributed by atoms with Gasteiger partial charge in [0.1, 0.15) is 0 Å². The van der Waals surface area contributed by atoms with Crippen LogP contribution in [-0.4, -0.2) is 40.4 Å². The first-order chi connectivity index (χ1) is 14.9. The van der Waals surface area contributed by atoms with Gasteiger partial charge in [-0.3, -0.25) is 9.54 Å². The molecule has 1 aromatic carbocycles. The lowest BCUT2D eigenvalue weighted by molar-refractivity contribution is -0.140. The Hall–Kier alpha value is -2.50. The maximum Gasteiger partial charge on any atom is 0.434 e. The van der Waals surface area contributed by atoms with Crippen LogP contribution in [0.5, 0.6) is 0 Å². The molecule has 1 saturated heterocycles. The number of benzene rings is 1. The standard InChI is InChI=1S/C14H15F3N4.C7H8O3S/c15-14(16,17)11-6-21-5-10(19-4-12(21)20-11)1-9-2-13(3-9)7-18-8-13;1-6-2-4-7(5-3-6)11(8,9)10/h4-6,9,18H,1-3,7-8H2;2-5H,1H3,(H,8,9,10). The van der Waals surface area contributed by atoms with Crippen molar-refractivity contribution in [1.29, 1.82) is 0 Å². The molecule has 7 nitrogen and oxygen atoms in total. The maximum atomic E-state index is 12.6. The van der Waals surface area contributed by atoms with Crippen molar-refractivity contribution in [2.45, 2.75) is 37.3 Å². The molecule has 3 aromatic rings. The zero-order valence-corrected chi connectivity index (χ0v) is 18.1. The van der Waals surface area contributed by atoms with E-state index in [0.717, 1.165) is 37.0 Å². The quantitative estimate of drug-likeness (QED) is 0.571. The Morgan fingerprint density at radius 3 is 2.38 bits per heavy atom. The van der Waals surface area contributed by atoms with E-state index in [2.05, 4.69) is 15.3 Å². The van der Waals surface area contributed by atoms with Crippen LogP contribution in [0.3, 0.4) is 0 Å². The summed E-state index contributed by atoms with van der Waals surface area (Å²) in [5.41, 5.74) is 1.66. The first-order valence-electron chi connectivity index (χ1n) is 10.1. The lowest BCUT2D eigenvalue weighted by atomic mass is 9.57. The Morgan fingerprint density at radius 1 is 1.19 bits per heavy atom. The molecule has 2 N–H and O–H groups in total. The van der Waals surface area contributed by atoms with Gasteiger partial charge in [0.15, 0.2) is 11.3 Å². The van der Waals surface area contributed by atoms with E-state index in [-0.39, 0.29) is 10.5 Å². The van der Waals surface area contributed by atoms with Crippen LogP contribution in [-0.2, 0) is 22.7 Å². The predicted octanol–water partition coefficient (Wildman–Crippen LogP) is 3.53. The molecule has 0 amide bonds. The zero-order chi connectivity index (χ0) is 23.1.